The highest BCUT2D eigenvalue weighted by molar-refractivity contribution is 5.75. The summed E-state index contributed by atoms with van der Waals surface area (Å²) >= 11 is 0. The molecule has 0 aliphatic rings. The van der Waals surface area contributed by atoms with Gasteiger partial charge < -0.3 is 9.88 Å². The maximum absolute atomic E-state index is 11.6. The van der Waals surface area contributed by atoms with E-state index in [2.05, 4.69) is 4.98 Å². The standard InChI is InChI=1S/C10H17N3O2/c1-3-12(4-2)9(14)5-7-13-8-6-11-10(13)15/h6,8H,3-5,7H2,1-2H3,(H,11,15). The first kappa shape index (κ1) is 11.6. The largest absolute Gasteiger partial charge is 0.343 e. The predicted molar refractivity (Wildman–Crippen MR) is 57.6 cm³/mol. The lowest BCUT2D eigenvalue weighted by atomic mass is 10.3. The summed E-state index contributed by atoms with van der Waals surface area (Å²) in [4.78, 5) is 27.0. The molecule has 0 saturated heterocycles. The Morgan fingerprint density at radius 1 is 1.47 bits per heavy atom. The van der Waals surface area contributed by atoms with Gasteiger partial charge in [0.1, 0.15) is 0 Å². The zero-order chi connectivity index (χ0) is 11.3. The second-order valence-corrected chi connectivity index (χ2v) is 3.27. The minimum absolute atomic E-state index is 0.0908. The van der Waals surface area contributed by atoms with Crippen molar-refractivity contribution in [2.75, 3.05) is 13.1 Å². The van der Waals surface area contributed by atoms with E-state index in [4.69, 9.17) is 0 Å². The molecule has 5 heteroatoms. The Morgan fingerprint density at radius 3 is 2.60 bits per heavy atom. The van der Waals surface area contributed by atoms with Crippen molar-refractivity contribution in [1.82, 2.24) is 14.5 Å². The van der Waals surface area contributed by atoms with Gasteiger partial charge in [-0.2, -0.15) is 0 Å². The van der Waals surface area contributed by atoms with Crippen LogP contribution in [0.4, 0.5) is 0 Å². The predicted octanol–water partition coefficient (Wildman–Crippen LogP) is 0.435. The van der Waals surface area contributed by atoms with Crippen molar-refractivity contribution >= 4 is 5.91 Å². The molecule has 5 nitrogen and oxygen atoms in total. The van der Waals surface area contributed by atoms with Crippen LogP contribution in [0.15, 0.2) is 17.2 Å². The number of nitrogens with zero attached hydrogens (tertiary/aromatic N) is 2. The molecule has 0 bridgehead atoms. The van der Waals surface area contributed by atoms with Crippen LogP contribution in [0.3, 0.4) is 0 Å². The SMILES string of the molecule is CCN(CC)C(=O)CCn1cc[nH]c1=O. The first-order valence-electron chi connectivity index (χ1n) is 5.20. The number of nitrogens with one attached hydrogen (secondary N) is 1. The molecule has 0 fully saturated rings. The molecule has 1 N–H and O–H groups in total. The summed E-state index contributed by atoms with van der Waals surface area (Å²) in [5, 5.41) is 0. The van der Waals surface area contributed by atoms with Gasteiger partial charge in [-0.25, -0.2) is 4.79 Å². The second-order valence-electron chi connectivity index (χ2n) is 3.27. The van der Waals surface area contributed by atoms with Crippen LogP contribution in [-0.2, 0) is 11.3 Å². The van der Waals surface area contributed by atoms with Crippen molar-refractivity contribution in [3.05, 3.63) is 22.9 Å². The average molecular weight is 211 g/mol. The Bertz CT molecular complexity index is 363. The lowest BCUT2D eigenvalue weighted by Gasteiger charge is -2.18. The van der Waals surface area contributed by atoms with E-state index in [1.807, 2.05) is 13.8 Å². The van der Waals surface area contributed by atoms with Crippen molar-refractivity contribution in [2.24, 2.45) is 0 Å². The number of hydrogen-bond donors (Lipinski definition) is 1. The van der Waals surface area contributed by atoms with Crippen LogP contribution >= 0.6 is 0 Å². The molecule has 1 amide bonds. The summed E-state index contributed by atoms with van der Waals surface area (Å²) in [6.45, 7) is 5.78. The van der Waals surface area contributed by atoms with E-state index in [0.29, 0.717) is 13.0 Å². The number of aromatic nitrogens is 2. The number of H-pyrrole nitrogens is 1. The third-order valence-electron chi connectivity index (χ3n) is 2.40. The third kappa shape index (κ3) is 2.97. The molecule has 1 aromatic rings. The average Bonchev–Trinajstić information content (AvgIpc) is 2.63. The monoisotopic (exact) mass is 211 g/mol. The molecule has 1 heterocycles. The molecular weight excluding hydrogens is 194 g/mol. The molecule has 0 atom stereocenters. The van der Waals surface area contributed by atoms with Gasteiger partial charge in [0.25, 0.3) is 0 Å². The van der Waals surface area contributed by atoms with E-state index in [1.54, 1.807) is 17.3 Å². The fraction of sp³-hybridized carbons (Fsp3) is 0.600. The number of aromatic amines is 1. The Morgan fingerprint density at radius 2 is 2.13 bits per heavy atom. The molecule has 0 aliphatic carbocycles. The van der Waals surface area contributed by atoms with E-state index >= 15 is 0 Å². The summed E-state index contributed by atoms with van der Waals surface area (Å²) < 4.78 is 1.50. The maximum Gasteiger partial charge on any atom is 0.325 e. The van der Waals surface area contributed by atoms with Gasteiger partial charge in [0, 0.05) is 38.4 Å². The number of hydrogen-bond acceptors (Lipinski definition) is 2. The van der Waals surface area contributed by atoms with Gasteiger partial charge in [0.2, 0.25) is 5.91 Å². The number of aryl methyl sites for hydroxylation is 1. The van der Waals surface area contributed by atoms with Crippen LogP contribution < -0.4 is 5.69 Å². The highest BCUT2D eigenvalue weighted by Crippen LogP contribution is 1.95. The summed E-state index contributed by atoms with van der Waals surface area (Å²) in [5.41, 5.74) is -0.164. The number of carbonyl (C=O) groups excluding carboxylic acids is 1. The fourth-order valence-corrected chi connectivity index (χ4v) is 1.48. The number of rotatable bonds is 5. The molecule has 0 aliphatic heterocycles. The Labute approximate surface area is 88.7 Å². The molecule has 1 aromatic heterocycles. The molecule has 1 rings (SSSR count). The Hall–Kier alpha value is -1.52. The third-order valence-corrected chi connectivity index (χ3v) is 2.40. The summed E-state index contributed by atoms with van der Waals surface area (Å²) in [7, 11) is 0. The zero-order valence-electron chi connectivity index (χ0n) is 9.19. The topological polar surface area (TPSA) is 58.1 Å². The van der Waals surface area contributed by atoms with Crippen LogP contribution in [0, 0.1) is 0 Å². The van der Waals surface area contributed by atoms with Crippen molar-refractivity contribution in [2.45, 2.75) is 26.8 Å². The zero-order valence-corrected chi connectivity index (χ0v) is 9.19. The van der Waals surface area contributed by atoms with Crippen molar-refractivity contribution in [3.63, 3.8) is 0 Å². The van der Waals surface area contributed by atoms with Crippen LogP contribution in [-0.4, -0.2) is 33.4 Å². The fourth-order valence-electron chi connectivity index (χ4n) is 1.48. The summed E-state index contributed by atoms with van der Waals surface area (Å²) in [5.74, 6) is 0.0908. The Balaban J connectivity index is 2.47. The van der Waals surface area contributed by atoms with Gasteiger partial charge in [-0.3, -0.25) is 9.36 Å². The number of carbonyl (C=O) groups is 1. The molecule has 84 valence electrons. The van der Waals surface area contributed by atoms with Crippen LogP contribution in [0.2, 0.25) is 0 Å². The quantitative estimate of drug-likeness (QED) is 0.768. The molecule has 15 heavy (non-hydrogen) atoms. The summed E-state index contributed by atoms with van der Waals surface area (Å²) in [6.07, 6.45) is 3.60. The van der Waals surface area contributed by atoms with Crippen molar-refractivity contribution < 1.29 is 4.79 Å². The van der Waals surface area contributed by atoms with E-state index in [9.17, 15) is 9.59 Å². The lowest BCUT2D eigenvalue weighted by Crippen LogP contribution is -2.31. The van der Waals surface area contributed by atoms with E-state index in [1.165, 1.54) is 4.57 Å². The first-order chi connectivity index (χ1) is 7.19. The smallest absolute Gasteiger partial charge is 0.325 e. The van der Waals surface area contributed by atoms with E-state index in [0.717, 1.165) is 13.1 Å². The van der Waals surface area contributed by atoms with Gasteiger partial charge in [-0.15, -0.1) is 0 Å². The van der Waals surface area contributed by atoms with Gasteiger partial charge in [-0.1, -0.05) is 0 Å². The molecule has 0 radical (unpaired) electrons. The molecular formula is C10H17N3O2. The normalized spacial score (nSPS) is 10.3. The van der Waals surface area contributed by atoms with E-state index in [-0.39, 0.29) is 11.6 Å². The minimum atomic E-state index is -0.164. The van der Waals surface area contributed by atoms with E-state index < -0.39 is 0 Å². The van der Waals surface area contributed by atoms with Gasteiger partial charge in [-0.05, 0) is 13.8 Å². The molecule has 0 aromatic carbocycles. The minimum Gasteiger partial charge on any atom is -0.343 e. The Kier molecular flexibility index (Phi) is 4.15. The number of imidazole rings is 1. The van der Waals surface area contributed by atoms with Crippen molar-refractivity contribution in [3.8, 4) is 0 Å². The van der Waals surface area contributed by atoms with Crippen LogP contribution in [0.25, 0.3) is 0 Å². The molecule has 0 spiro atoms. The maximum atomic E-state index is 11.6. The number of amides is 1. The summed E-state index contributed by atoms with van der Waals surface area (Å²) in [6, 6.07) is 0. The van der Waals surface area contributed by atoms with Gasteiger partial charge >= 0.3 is 5.69 Å². The second kappa shape index (κ2) is 5.38. The van der Waals surface area contributed by atoms with Gasteiger partial charge in [0.15, 0.2) is 0 Å². The lowest BCUT2D eigenvalue weighted by molar-refractivity contribution is -0.131. The molecule has 0 unspecified atom stereocenters. The van der Waals surface area contributed by atoms with Crippen LogP contribution in [0.5, 0.6) is 0 Å². The molecule has 0 saturated carbocycles. The highest BCUT2D eigenvalue weighted by Gasteiger charge is 2.09. The van der Waals surface area contributed by atoms with Gasteiger partial charge in [0.05, 0.1) is 0 Å². The highest BCUT2D eigenvalue weighted by atomic mass is 16.2. The van der Waals surface area contributed by atoms with Crippen LogP contribution in [0.1, 0.15) is 20.3 Å². The first-order valence-corrected chi connectivity index (χ1v) is 5.20. The van der Waals surface area contributed by atoms with Crippen molar-refractivity contribution in [1.29, 1.82) is 0 Å².